The molecule has 1 aromatic carbocycles. The Morgan fingerprint density at radius 1 is 1.46 bits per heavy atom. The first-order chi connectivity index (χ1) is 11.3. The maximum atomic E-state index is 11.5. The van der Waals surface area contributed by atoms with Crippen molar-refractivity contribution >= 4 is 35.3 Å². The summed E-state index contributed by atoms with van der Waals surface area (Å²) < 4.78 is 5.23. The first-order valence-corrected chi connectivity index (χ1v) is 7.11. The van der Waals surface area contributed by atoms with Crippen LogP contribution in [-0.4, -0.2) is 40.3 Å². The second-order valence-electron chi connectivity index (χ2n) is 4.62. The summed E-state index contributed by atoms with van der Waals surface area (Å²) in [6, 6.07) is 0.817. The van der Waals surface area contributed by atoms with E-state index in [9.17, 15) is 24.8 Å². The van der Waals surface area contributed by atoms with E-state index in [1.165, 1.54) is 24.3 Å². The van der Waals surface area contributed by atoms with Gasteiger partial charge in [0.2, 0.25) is 0 Å². The number of ether oxygens (including phenoxy) is 1. The van der Waals surface area contributed by atoms with Crippen LogP contribution < -0.4 is 10.1 Å². The number of nitrogens with zero attached hydrogens (tertiary/aromatic N) is 2. The van der Waals surface area contributed by atoms with Crippen LogP contribution in [0.5, 0.6) is 11.5 Å². The van der Waals surface area contributed by atoms with Gasteiger partial charge in [-0.3, -0.25) is 19.7 Å². The summed E-state index contributed by atoms with van der Waals surface area (Å²) >= 11 is 5.93. The van der Waals surface area contributed by atoms with Gasteiger partial charge in [0.25, 0.3) is 0 Å². The maximum Gasteiger partial charge on any atom is 0.368 e. The van der Waals surface area contributed by atoms with E-state index in [-0.39, 0.29) is 22.9 Å². The second-order valence-corrected chi connectivity index (χ2v) is 5.06. The SMILES string of the molecule is CCOc1cc(Cl)cc(/C=C/C2=NC(=O)C([N+](=O)[O-])C(=O)N2)c1O. The largest absolute Gasteiger partial charge is 0.504 e. The van der Waals surface area contributed by atoms with Crippen LogP contribution in [0.25, 0.3) is 6.08 Å². The topological polar surface area (TPSA) is 131 Å². The number of rotatable bonds is 5. The van der Waals surface area contributed by atoms with Crippen LogP contribution in [-0.2, 0) is 9.59 Å². The number of hydrogen-bond acceptors (Lipinski definition) is 6. The average molecular weight is 354 g/mol. The molecular formula is C14H12ClN3O6. The molecule has 1 atom stereocenters. The van der Waals surface area contributed by atoms with Gasteiger partial charge in [0.15, 0.2) is 11.5 Å². The third kappa shape index (κ3) is 3.69. The Hall–Kier alpha value is -2.94. The van der Waals surface area contributed by atoms with Crippen LogP contribution in [0, 0.1) is 10.1 Å². The molecular weight excluding hydrogens is 342 g/mol. The molecule has 1 aliphatic heterocycles. The molecule has 2 N–H and O–H groups in total. The number of nitro groups is 1. The van der Waals surface area contributed by atoms with Crippen molar-refractivity contribution in [2.45, 2.75) is 13.0 Å². The van der Waals surface area contributed by atoms with Crippen LogP contribution in [0.3, 0.4) is 0 Å². The fraction of sp³-hybridized carbons (Fsp3) is 0.214. The van der Waals surface area contributed by atoms with Crippen molar-refractivity contribution in [1.82, 2.24) is 5.32 Å². The van der Waals surface area contributed by atoms with E-state index < -0.39 is 22.8 Å². The summed E-state index contributed by atoms with van der Waals surface area (Å²) in [5.41, 5.74) is 0.256. The number of aromatic hydroxyl groups is 1. The lowest BCUT2D eigenvalue weighted by Gasteiger charge is -2.13. The van der Waals surface area contributed by atoms with Crippen molar-refractivity contribution in [2.24, 2.45) is 4.99 Å². The number of amides is 2. The van der Waals surface area contributed by atoms with Crippen LogP contribution in [0.1, 0.15) is 12.5 Å². The molecule has 0 radical (unpaired) electrons. The number of hydrogen-bond donors (Lipinski definition) is 2. The van der Waals surface area contributed by atoms with Crippen molar-refractivity contribution in [3.8, 4) is 11.5 Å². The summed E-state index contributed by atoms with van der Waals surface area (Å²) in [4.78, 5) is 36.1. The molecule has 1 aromatic rings. The van der Waals surface area contributed by atoms with E-state index in [1.807, 2.05) is 0 Å². The minimum Gasteiger partial charge on any atom is -0.504 e. The van der Waals surface area contributed by atoms with Gasteiger partial charge in [-0.05, 0) is 25.1 Å². The highest BCUT2D eigenvalue weighted by Gasteiger charge is 2.41. The van der Waals surface area contributed by atoms with E-state index in [2.05, 4.69) is 10.3 Å². The summed E-state index contributed by atoms with van der Waals surface area (Å²) in [5.74, 6) is -2.45. The van der Waals surface area contributed by atoms with Gasteiger partial charge < -0.3 is 15.2 Å². The van der Waals surface area contributed by atoms with E-state index in [1.54, 1.807) is 6.92 Å². The molecule has 1 unspecified atom stereocenters. The van der Waals surface area contributed by atoms with Gasteiger partial charge in [-0.25, -0.2) is 0 Å². The molecule has 0 saturated carbocycles. The number of amidine groups is 1. The third-order valence-corrected chi connectivity index (χ3v) is 3.18. The van der Waals surface area contributed by atoms with Crippen LogP contribution in [0.15, 0.2) is 23.2 Å². The fourth-order valence-corrected chi connectivity index (χ4v) is 2.15. The first kappa shape index (κ1) is 17.4. The molecule has 0 fully saturated rings. The molecule has 1 aliphatic rings. The van der Waals surface area contributed by atoms with Crippen LogP contribution >= 0.6 is 11.6 Å². The number of nitrogens with one attached hydrogen (secondary N) is 1. The Morgan fingerprint density at radius 3 is 2.75 bits per heavy atom. The van der Waals surface area contributed by atoms with Gasteiger partial charge in [-0.1, -0.05) is 11.6 Å². The Morgan fingerprint density at radius 2 is 2.17 bits per heavy atom. The summed E-state index contributed by atoms with van der Waals surface area (Å²) in [7, 11) is 0. The number of halogens is 1. The normalized spacial score (nSPS) is 17.6. The standard InChI is InChI=1S/C14H12ClN3O6/c1-2-24-9-6-8(15)5-7(12(9)19)3-4-10-16-13(20)11(18(22)23)14(21)17-10/h3-6,11,19H,2H2,1H3,(H,16,17,20,21)/b4-3+. The van der Waals surface area contributed by atoms with Gasteiger partial charge in [-0.15, -0.1) is 0 Å². The average Bonchev–Trinajstić information content (AvgIpc) is 2.48. The smallest absolute Gasteiger partial charge is 0.368 e. The minimum atomic E-state index is -2.05. The highest BCUT2D eigenvalue weighted by Crippen LogP contribution is 2.34. The van der Waals surface area contributed by atoms with Crippen molar-refractivity contribution in [1.29, 1.82) is 0 Å². The molecule has 9 nitrogen and oxygen atoms in total. The van der Waals surface area contributed by atoms with Gasteiger partial charge in [0, 0.05) is 21.6 Å². The molecule has 0 aromatic heterocycles. The number of carbonyl (C=O) groups excluding carboxylic acids is 2. The van der Waals surface area contributed by atoms with Crippen LogP contribution in [0.2, 0.25) is 5.02 Å². The number of phenolic OH excluding ortho intramolecular Hbond substituents is 1. The van der Waals surface area contributed by atoms with Crippen molar-refractivity contribution in [3.05, 3.63) is 38.9 Å². The monoisotopic (exact) mass is 353 g/mol. The first-order valence-electron chi connectivity index (χ1n) is 6.73. The van der Waals surface area contributed by atoms with E-state index in [0.29, 0.717) is 11.6 Å². The fourth-order valence-electron chi connectivity index (χ4n) is 1.94. The van der Waals surface area contributed by atoms with E-state index in [4.69, 9.17) is 16.3 Å². The molecule has 2 amide bonds. The summed E-state index contributed by atoms with van der Waals surface area (Å²) in [6.07, 6.45) is 2.55. The lowest BCUT2D eigenvalue weighted by Crippen LogP contribution is -2.50. The van der Waals surface area contributed by atoms with Crippen molar-refractivity contribution in [3.63, 3.8) is 0 Å². The molecule has 0 spiro atoms. The molecule has 24 heavy (non-hydrogen) atoms. The predicted molar refractivity (Wildman–Crippen MR) is 84.7 cm³/mol. The van der Waals surface area contributed by atoms with Crippen molar-refractivity contribution < 1.29 is 24.4 Å². The number of benzene rings is 1. The number of aliphatic imine (C=N–C) groups is 1. The Kier molecular flexibility index (Phi) is 5.14. The van der Waals surface area contributed by atoms with Gasteiger partial charge in [-0.2, -0.15) is 4.99 Å². The summed E-state index contributed by atoms with van der Waals surface area (Å²) in [6.45, 7) is 2.05. The molecule has 0 bridgehead atoms. The van der Waals surface area contributed by atoms with Crippen LogP contribution in [0.4, 0.5) is 0 Å². The molecule has 10 heteroatoms. The molecule has 1 heterocycles. The zero-order chi connectivity index (χ0) is 17.9. The highest BCUT2D eigenvalue weighted by molar-refractivity contribution is 6.31. The zero-order valence-corrected chi connectivity index (χ0v) is 13.1. The zero-order valence-electron chi connectivity index (χ0n) is 12.4. The number of carbonyl (C=O) groups is 2. The quantitative estimate of drug-likeness (QED) is 0.464. The summed E-state index contributed by atoms with van der Waals surface area (Å²) in [5, 5.41) is 23.1. The lowest BCUT2D eigenvalue weighted by atomic mass is 10.1. The number of phenols is 1. The predicted octanol–water partition coefficient (Wildman–Crippen LogP) is 1.16. The third-order valence-electron chi connectivity index (χ3n) is 2.96. The Bertz CT molecular complexity index is 774. The Balaban J connectivity index is 2.29. The highest BCUT2D eigenvalue weighted by atomic mass is 35.5. The van der Waals surface area contributed by atoms with Crippen molar-refractivity contribution in [2.75, 3.05) is 6.61 Å². The van der Waals surface area contributed by atoms with E-state index >= 15 is 0 Å². The van der Waals surface area contributed by atoms with Gasteiger partial charge in [0.1, 0.15) is 5.84 Å². The molecule has 0 aliphatic carbocycles. The minimum absolute atomic E-state index is 0.170. The second kappa shape index (κ2) is 7.09. The molecule has 2 rings (SSSR count). The van der Waals surface area contributed by atoms with Gasteiger partial charge >= 0.3 is 17.9 Å². The van der Waals surface area contributed by atoms with Gasteiger partial charge in [0.05, 0.1) is 6.61 Å². The molecule has 126 valence electrons. The molecule has 0 saturated heterocycles. The Labute approximate surface area is 140 Å². The lowest BCUT2D eigenvalue weighted by molar-refractivity contribution is -0.493. The maximum absolute atomic E-state index is 11.5. The van der Waals surface area contributed by atoms with E-state index in [0.717, 1.165) is 0 Å².